The normalized spacial score (nSPS) is 26.8. The highest BCUT2D eigenvalue weighted by Crippen LogP contribution is 2.37. The fourth-order valence-corrected chi connectivity index (χ4v) is 1.72. The molecule has 1 aliphatic rings. The Morgan fingerprint density at radius 2 is 2.08 bits per heavy atom. The Morgan fingerprint density at radius 1 is 1.38 bits per heavy atom. The number of likely N-dealkylation sites (N-methyl/N-ethyl adjacent to an activating group) is 1. The Balaban J connectivity index is 1.89. The first-order valence-electron chi connectivity index (χ1n) is 5.63. The average Bonchev–Trinajstić information content (AvgIpc) is 2.76. The molecule has 2 atom stereocenters. The van der Waals surface area contributed by atoms with E-state index >= 15 is 0 Å². The molecular weight excluding hydrogens is 160 g/mol. The monoisotopic (exact) mass is 184 g/mol. The average molecular weight is 184 g/mol. The smallest absolute Gasteiger partial charge is 0.0104 e. The van der Waals surface area contributed by atoms with Crippen molar-refractivity contribution in [1.29, 1.82) is 0 Å². The van der Waals surface area contributed by atoms with Crippen LogP contribution in [-0.4, -0.2) is 38.1 Å². The summed E-state index contributed by atoms with van der Waals surface area (Å²) >= 11 is 0. The highest BCUT2D eigenvalue weighted by atomic mass is 15.1. The predicted octanol–water partition coefficient (Wildman–Crippen LogP) is 1.57. The molecule has 1 fully saturated rings. The molecule has 0 saturated heterocycles. The summed E-state index contributed by atoms with van der Waals surface area (Å²) < 4.78 is 0. The molecule has 0 aromatic heterocycles. The lowest BCUT2D eigenvalue weighted by atomic mass is 10.3. The molecule has 0 aromatic rings. The van der Waals surface area contributed by atoms with Gasteiger partial charge in [-0.1, -0.05) is 13.8 Å². The Hall–Kier alpha value is -0.0800. The highest BCUT2D eigenvalue weighted by molar-refractivity contribution is 4.84. The predicted molar refractivity (Wildman–Crippen MR) is 57.9 cm³/mol. The first-order valence-corrected chi connectivity index (χ1v) is 5.63. The summed E-state index contributed by atoms with van der Waals surface area (Å²) in [5.74, 6) is 1.99. The minimum Gasteiger partial charge on any atom is -0.315 e. The molecule has 78 valence electrons. The van der Waals surface area contributed by atoms with E-state index in [1.165, 1.54) is 25.9 Å². The number of rotatable bonds is 7. The standard InChI is InChI=1S/C11H24N2/c1-4-5-12-6-7-13(3)9-11-8-10(11)2/h10-12H,4-9H2,1-3H3. The topological polar surface area (TPSA) is 15.3 Å². The van der Waals surface area contributed by atoms with Crippen LogP contribution in [0.5, 0.6) is 0 Å². The van der Waals surface area contributed by atoms with Crippen LogP contribution in [0.15, 0.2) is 0 Å². The van der Waals surface area contributed by atoms with Gasteiger partial charge in [-0.15, -0.1) is 0 Å². The number of hydrogen-bond acceptors (Lipinski definition) is 2. The van der Waals surface area contributed by atoms with Crippen molar-refractivity contribution >= 4 is 0 Å². The molecule has 0 aliphatic heterocycles. The van der Waals surface area contributed by atoms with Gasteiger partial charge >= 0.3 is 0 Å². The summed E-state index contributed by atoms with van der Waals surface area (Å²) in [5.41, 5.74) is 0. The maximum Gasteiger partial charge on any atom is 0.0104 e. The minimum absolute atomic E-state index is 0.992. The molecule has 2 unspecified atom stereocenters. The zero-order chi connectivity index (χ0) is 9.68. The van der Waals surface area contributed by atoms with Crippen molar-refractivity contribution in [2.75, 3.05) is 33.2 Å². The van der Waals surface area contributed by atoms with Gasteiger partial charge in [0, 0.05) is 19.6 Å². The summed E-state index contributed by atoms with van der Waals surface area (Å²) in [5, 5.41) is 3.43. The molecule has 13 heavy (non-hydrogen) atoms. The van der Waals surface area contributed by atoms with Crippen molar-refractivity contribution in [2.45, 2.75) is 26.7 Å². The van der Waals surface area contributed by atoms with Gasteiger partial charge in [0.05, 0.1) is 0 Å². The lowest BCUT2D eigenvalue weighted by Crippen LogP contribution is -2.31. The first kappa shape index (κ1) is 11.0. The summed E-state index contributed by atoms with van der Waals surface area (Å²) in [7, 11) is 2.23. The van der Waals surface area contributed by atoms with Crippen molar-refractivity contribution < 1.29 is 0 Å². The van der Waals surface area contributed by atoms with E-state index in [-0.39, 0.29) is 0 Å². The molecule has 2 heteroatoms. The van der Waals surface area contributed by atoms with Gasteiger partial charge in [0.25, 0.3) is 0 Å². The maximum absolute atomic E-state index is 3.43. The molecule has 1 N–H and O–H groups in total. The largest absolute Gasteiger partial charge is 0.315 e. The van der Waals surface area contributed by atoms with Crippen molar-refractivity contribution in [3.05, 3.63) is 0 Å². The molecular formula is C11H24N2. The molecule has 0 radical (unpaired) electrons. The van der Waals surface area contributed by atoms with E-state index < -0.39 is 0 Å². The van der Waals surface area contributed by atoms with Crippen molar-refractivity contribution in [3.8, 4) is 0 Å². The summed E-state index contributed by atoms with van der Waals surface area (Å²) in [6, 6.07) is 0. The van der Waals surface area contributed by atoms with Crippen LogP contribution in [0.3, 0.4) is 0 Å². The molecule has 2 nitrogen and oxygen atoms in total. The number of hydrogen-bond donors (Lipinski definition) is 1. The molecule has 0 amide bonds. The summed E-state index contributed by atoms with van der Waals surface area (Å²) in [6.45, 7) is 9.37. The third kappa shape index (κ3) is 4.63. The van der Waals surface area contributed by atoms with Crippen molar-refractivity contribution in [3.63, 3.8) is 0 Å². The molecule has 0 heterocycles. The number of nitrogens with one attached hydrogen (secondary N) is 1. The van der Waals surface area contributed by atoms with E-state index in [1.54, 1.807) is 0 Å². The van der Waals surface area contributed by atoms with E-state index in [0.717, 1.165) is 24.9 Å². The van der Waals surface area contributed by atoms with Crippen LogP contribution in [0.2, 0.25) is 0 Å². The van der Waals surface area contributed by atoms with Crippen LogP contribution in [-0.2, 0) is 0 Å². The van der Waals surface area contributed by atoms with Gasteiger partial charge in [-0.05, 0) is 38.3 Å². The maximum atomic E-state index is 3.43. The Labute approximate surface area is 82.7 Å². The van der Waals surface area contributed by atoms with E-state index in [4.69, 9.17) is 0 Å². The van der Waals surface area contributed by atoms with E-state index in [1.807, 2.05) is 0 Å². The van der Waals surface area contributed by atoms with Gasteiger partial charge < -0.3 is 10.2 Å². The fourth-order valence-electron chi connectivity index (χ4n) is 1.72. The zero-order valence-electron chi connectivity index (χ0n) is 9.34. The third-order valence-corrected chi connectivity index (χ3v) is 2.92. The summed E-state index contributed by atoms with van der Waals surface area (Å²) in [4.78, 5) is 2.46. The van der Waals surface area contributed by atoms with Gasteiger partial charge in [-0.3, -0.25) is 0 Å². The Morgan fingerprint density at radius 3 is 2.62 bits per heavy atom. The lowest BCUT2D eigenvalue weighted by Gasteiger charge is -2.16. The van der Waals surface area contributed by atoms with Gasteiger partial charge in [-0.2, -0.15) is 0 Å². The SMILES string of the molecule is CCCNCCN(C)CC1CC1C. The fraction of sp³-hybridized carbons (Fsp3) is 1.00. The molecule has 1 saturated carbocycles. The molecule has 1 rings (SSSR count). The van der Waals surface area contributed by atoms with E-state index in [0.29, 0.717) is 0 Å². The Bertz CT molecular complexity index is 136. The third-order valence-electron chi connectivity index (χ3n) is 2.92. The molecule has 1 aliphatic carbocycles. The van der Waals surface area contributed by atoms with E-state index in [2.05, 4.69) is 31.1 Å². The van der Waals surface area contributed by atoms with E-state index in [9.17, 15) is 0 Å². The second kappa shape index (κ2) is 5.61. The van der Waals surface area contributed by atoms with Crippen molar-refractivity contribution in [2.24, 2.45) is 11.8 Å². The van der Waals surface area contributed by atoms with Crippen LogP contribution in [0.1, 0.15) is 26.7 Å². The number of nitrogens with zero attached hydrogens (tertiary/aromatic N) is 1. The quantitative estimate of drug-likeness (QED) is 0.604. The van der Waals surface area contributed by atoms with Gasteiger partial charge in [0.15, 0.2) is 0 Å². The van der Waals surface area contributed by atoms with Crippen LogP contribution in [0, 0.1) is 11.8 Å². The van der Waals surface area contributed by atoms with Gasteiger partial charge in [0.2, 0.25) is 0 Å². The van der Waals surface area contributed by atoms with Crippen LogP contribution in [0.4, 0.5) is 0 Å². The van der Waals surface area contributed by atoms with Gasteiger partial charge in [-0.25, -0.2) is 0 Å². The molecule has 0 bridgehead atoms. The lowest BCUT2D eigenvalue weighted by molar-refractivity contribution is 0.313. The summed E-state index contributed by atoms with van der Waals surface area (Å²) in [6.07, 6.45) is 2.69. The molecule has 0 aromatic carbocycles. The first-order chi connectivity index (χ1) is 6.24. The highest BCUT2D eigenvalue weighted by Gasteiger charge is 2.32. The second-order valence-electron chi connectivity index (χ2n) is 4.49. The zero-order valence-corrected chi connectivity index (χ0v) is 9.34. The van der Waals surface area contributed by atoms with Crippen molar-refractivity contribution in [1.82, 2.24) is 10.2 Å². The van der Waals surface area contributed by atoms with Gasteiger partial charge in [0.1, 0.15) is 0 Å². The van der Waals surface area contributed by atoms with Crippen LogP contribution < -0.4 is 5.32 Å². The minimum atomic E-state index is 0.992. The second-order valence-corrected chi connectivity index (χ2v) is 4.49. The Kier molecular flexibility index (Phi) is 4.74. The molecule has 0 spiro atoms. The van der Waals surface area contributed by atoms with Crippen LogP contribution >= 0.6 is 0 Å². The van der Waals surface area contributed by atoms with Crippen LogP contribution in [0.25, 0.3) is 0 Å².